The van der Waals surface area contributed by atoms with Gasteiger partial charge in [-0.2, -0.15) is 0 Å². The Labute approximate surface area is 192 Å². The zero-order valence-corrected chi connectivity index (χ0v) is 20.8. The third-order valence-corrected chi connectivity index (χ3v) is 9.43. The van der Waals surface area contributed by atoms with E-state index in [1.54, 1.807) is 0 Å². The lowest BCUT2D eigenvalue weighted by molar-refractivity contribution is -0.0443. The molecule has 0 aliphatic carbocycles. The van der Waals surface area contributed by atoms with Gasteiger partial charge in [0.05, 0.1) is 11.1 Å². The van der Waals surface area contributed by atoms with Crippen LogP contribution in [0.5, 0.6) is 17.2 Å². The van der Waals surface area contributed by atoms with Crippen LogP contribution in [0, 0.1) is 13.8 Å². The standard InChI is InChI=1S/C25H26BrO4P/c1-6-28-20-15-21(22(26)24-23(20)29-25(4,5)30-24)31(27,18-11-7-16(2)8-12-18)19-13-9-17(3)10-14-19/h7-15H,6H2,1-5H3. The first-order valence-electron chi connectivity index (χ1n) is 10.3. The highest BCUT2D eigenvalue weighted by atomic mass is 79.9. The number of aryl methyl sites for hydroxylation is 2. The number of ether oxygens (including phenoxy) is 3. The molecule has 3 aromatic rings. The highest BCUT2D eigenvalue weighted by Crippen LogP contribution is 2.54. The maximum Gasteiger partial charge on any atom is 0.246 e. The highest BCUT2D eigenvalue weighted by Gasteiger charge is 2.41. The zero-order chi connectivity index (χ0) is 22.4. The maximum absolute atomic E-state index is 15.0. The van der Waals surface area contributed by atoms with Crippen molar-refractivity contribution in [1.82, 2.24) is 0 Å². The number of rotatable bonds is 5. The molecule has 1 aliphatic rings. The van der Waals surface area contributed by atoms with E-state index in [9.17, 15) is 4.57 Å². The molecule has 4 rings (SSSR count). The number of fused-ring (bicyclic) bond motifs is 1. The van der Waals surface area contributed by atoms with Gasteiger partial charge in [-0.25, -0.2) is 0 Å². The molecule has 0 aromatic heterocycles. The molecule has 31 heavy (non-hydrogen) atoms. The molecular formula is C25H26BrO4P. The lowest BCUT2D eigenvalue weighted by Gasteiger charge is -2.23. The molecule has 0 saturated heterocycles. The van der Waals surface area contributed by atoms with E-state index in [1.165, 1.54) is 0 Å². The molecule has 0 atom stereocenters. The molecular weight excluding hydrogens is 475 g/mol. The van der Waals surface area contributed by atoms with Crippen LogP contribution in [-0.2, 0) is 4.57 Å². The summed E-state index contributed by atoms with van der Waals surface area (Å²) in [7, 11) is -3.24. The van der Waals surface area contributed by atoms with Crippen molar-refractivity contribution < 1.29 is 18.8 Å². The summed E-state index contributed by atoms with van der Waals surface area (Å²) in [6.45, 7) is 10.1. The van der Waals surface area contributed by atoms with Crippen LogP contribution in [0.4, 0.5) is 0 Å². The Bertz CT molecular complexity index is 1120. The molecule has 0 saturated carbocycles. The van der Waals surface area contributed by atoms with Crippen molar-refractivity contribution in [2.45, 2.75) is 40.4 Å². The van der Waals surface area contributed by atoms with E-state index in [0.717, 1.165) is 21.7 Å². The summed E-state index contributed by atoms with van der Waals surface area (Å²) in [5, 5.41) is 2.13. The molecule has 4 nitrogen and oxygen atoms in total. The van der Waals surface area contributed by atoms with Gasteiger partial charge < -0.3 is 18.8 Å². The summed E-state index contributed by atoms with van der Waals surface area (Å²) in [5.74, 6) is 0.737. The zero-order valence-electron chi connectivity index (χ0n) is 18.4. The monoisotopic (exact) mass is 500 g/mol. The Morgan fingerprint density at radius 2 is 1.39 bits per heavy atom. The van der Waals surface area contributed by atoms with Crippen molar-refractivity contribution in [2.75, 3.05) is 6.61 Å². The fourth-order valence-electron chi connectivity index (χ4n) is 3.71. The van der Waals surface area contributed by atoms with E-state index in [2.05, 4.69) is 15.9 Å². The molecule has 0 N–H and O–H groups in total. The van der Waals surface area contributed by atoms with Crippen molar-refractivity contribution in [3.8, 4) is 17.2 Å². The van der Waals surface area contributed by atoms with Crippen molar-refractivity contribution >= 4 is 39.0 Å². The first kappa shape index (κ1) is 22.0. The van der Waals surface area contributed by atoms with Crippen molar-refractivity contribution in [1.29, 1.82) is 0 Å². The Morgan fingerprint density at radius 3 is 1.87 bits per heavy atom. The average Bonchev–Trinajstić information content (AvgIpc) is 3.07. The Hall–Kier alpha value is -2.23. The molecule has 0 unspecified atom stereocenters. The minimum Gasteiger partial charge on any atom is -0.490 e. The van der Waals surface area contributed by atoms with Crippen LogP contribution in [0.1, 0.15) is 31.9 Å². The van der Waals surface area contributed by atoms with E-state index in [-0.39, 0.29) is 0 Å². The Kier molecular flexibility index (Phi) is 5.70. The molecule has 0 spiro atoms. The van der Waals surface area contributed by atoms with Crippen molar-refractivity contribution in [3.05, 3.63) is 70.2 Å². The topological polar surface area (TPSA) is 44.8 Å². The van der Waals surface area contributed by atoms with E-state index >= 15 is 0 Å². The summed E-state index contributed by atoms with van der Waals surface area (Å²) in [6.07, 6.45) is 0. The number of hydrogen-bond donors (Lipinski definition) is 0. The van der Waals surface area contributed by atoms with E-state index < -0.39 is 12.9 Å². The second-order valence-corrected chi connectivity index (χ2v) is 11.7. The molecule has 1 heterocycles. The normalized spacial score (nSPS) is 14.5. The molecule has 3 aromatic carbocycles. The minimum atomic E-state index is -3.24. The molecule has 0 fully saturated rings. The van der Waals surface area contributed by atoms with Gasteiger partial charge >= 0.3 is 0 Å². The van der Waals surface area contributed by atoms with Crippen LogP contribution < -0.4 is 30.1 Å². The predicted molar refractivity (Wildman–Crippen MR) is 130 cm³/mol. The van der Waals surface area contributed by atoms with Crippen molar-refractivity contribution in [2.24, 2.45) is 0 Å². The van der Waals surface area contributed by atoms with E-state index in [4.69, 9.17) is 14.2 Å². The second-order valence-electron chi connectivity index (χ2n) is 8.18. The molecule has 0 amide bonds. The second kappa shape index (κ2) is 8.03. The Balaban J connectivity index is 2.03. The third kappa shape index (κ3) is 3.90. The van der Waals surface area contributed by atoms with Gasteiger partial charge in [0.25, 0.3) is 0 Å². The van der Waals surface area contributed by atoms with Crippen molar-refractivity contribution in [3.63, 3.8) is 0 Å². The van der Waals surface area contributed by atoms with Gasteiger partial charge in [-0.1, -0.05) is 59.7 Å². The number of hydrogen-bond acceptors (Lipinski definition) is 4. The van der Waals surface area contributed by atoms with Gasteiger partial charge in [0.2, 0.25) is 11.5 Å². The maximum atomic E-state index is 15.0. The summed E-state index contributed by atoms with van der Waals surface area (Å²) in [6, 6.07) is 17.6. The summed E-state index contributed by atoms with van der Waals surface area (Å²) >= 11 is 3.70. The molecule has 0 bridgehead atoms. The quantitative estimate of drug-likeness (QED) is 0.427. The predicted octanol–water partition coefficient (Wildman–Crippen LogP) is 5.61. The van der Waals surface area contributed by atoms with E-state index in [1.807, 2.05) is 89.2 Å². The summed E-state index contributed by atoms with van der Waals surface area (Å²) in [4.78, 5) is 0. The van der Waals surface area contributed by atoms with Gasteiger partial charge in [0.15, 0.2) is 18.6 Å². The lowest BCUT2D eigenvalue weighted by atomic mass is 10.2. The smallest absolute Gasteiger partial charge is 0.246 e. The van der Waals surface area contributed by atoms with Crippen LogP contribution in [0.25, 0.3) is 0 Å². The first-order valence-corrected chi connectivity index (χ1v) is 12.8. The SMILES string of the molecule is CCOc1cc(P(=O)(c2ccc(C)cc2)c2ccc(C)cc2)c(Br)c2c1OC(C)(C)O2. The van der Waals surface area contributed by atoms with Crippen LogP contribution in [0.3, 0.4) is 0 Å². The molecule has 0 radical (unpaired) electrons. The minimum absolute atomic E-state index is 0.455. The summed E-state index contributed by atoms with van der Waals surface area (Å²) < 4.78 is 33.6. The van der Waals surface area contributed by atoms with E-state index in [0.29, 0.717) is 33.6 Å². The van der Waals surface area contributed by atoms with Crippen LogP contribution >= 0.6 is 23.1 Å². The van der Waals surface area contributed by atoms with Gasteiger partial charge in [0, 0.05) is 29.8 Å². The largest absolute Gasteiger partial charge is 0.490 e. The molecule has 1 aliphatic heterocycles. The lowest BCUT2D eigenvalue weighted by Crippen LogP contribution is -2.30. The average molecular weight is 501 g/mol. The molecule has 6 heteroatoms. The summed E-state index contributed by atoms with van der Waals surface area (Å²) in [5.41, 5.74) is 2.22. The van der Waals surface area contributed by atoms with Gasteiger partial charge in [-0.3, -0.25) is 0 Å². The van der Waals surface area contributed by atoms with Gasteiger partial charge in [-0.05, 0) is 42.8 Å². The number of benzene rings is 3. The molecule has 162 valence electrons. The Morgan fingerprint density at radius 1 is 0.903 bits per heavy atom. The van der Waals surface area contributed by atoms with Gasteiger partial charge in [0.1, 0.15) is 0 Å². The first-order chi connectivity index (χ1) is 14.7. The van der Waals surface area contributed by atoms with Crippen LogP contribution in [0.15, 0.2) is 59.1 Å². The fraction of sp³-hybridized carbons (Fsp3) is 0.280. The number of halogens is 1. The van der Waals surface area contributed by atoms with Gasteiger partial charge in [-0.15, -0.1) is 0 Å². The third-order valence-electron chi connectivity index (χ3n) is 5.25. The van der Waals surface area contributed by atoms with Crippen LogP contribution in [-0.4, -0.2) is 12.4 Å². The fourth-order valence-corrected chi connectivity index (χ4v) is 7.50. The highest BCUT2D eigenvalue weighted by molar-refractivity contribution is 9.10. The van der Waals surface area contributed by atoms with Crippen LogP contribution in [0.2, 0.25) is 0 Å².